The minimum Gasteiger partial charge on any atom is -0.472 e. The topological polar surface area (TPSA) is 59.3 Å². The summed E-state index contributed by atoms with van der Waals surface area (Å²) >= 11 is 4.40. The van der Waals surface area contributed by atoms with Gasteiger partial charge >= 0.3 is 0 Å². The summed E-state index contributed by atoms with van der Waals surface area (Å²) in [5.41, 5.74) is 0.791. The van der Waals surface area contributed by atoms with Crippen molar-refractivity contribution in [3.8, 4) is 0 Å². The van der Waals surface area contributed by atoms with Gasteiger partial charge in [-0.3, -0.25) is 0 Å². The molecule has 0 saturated carbocycles. The van der Waals surface area contributed by atoms with Crippen molar-refractivity contribution >= 4 is 37.3 Å². The Labute approximate surface area is 105 Å². The van der Waals surface area contributed by atoms with Crippen molar-refractivity contribution in [2.24, 2.45) is 0 Å². The second kappa shape index (κ2) is 4.70. The molecule has 0 fully saturated rings. The van der Waals surface area contributed by atoms with Crippen molar-refractivity contribution in [2.75, 3.05) is 0 Å². The molecule has 0 bridgehead atoms. The van der Waals surface area contributed by atoms with Crippen molar-refractivity contribution < 1.29 is 12.8 Å². The Morgan fingerprint density at radius 1 is 1.38 bits per heavy atom. The predicted molar refractivity (Wildman–Crippen MR) is 64.8 cm³/mol. The van der Waals surface area contributed by atoms with Crippen LogP contribution in [0.3, 0.4) is 0 Å². The normalized spacial score (nSPS) is 11.8. The van der Waals surface area contributed by atoms with Crippen LogP contribution < -0.4 is 4.72 Å². The van der Waals surface area contributed by atoms with E-state index in [9.17, 15) is 8.42 Å². The number of thiophene rings is 1. The summed E-state index contributed by atoms with van der Waals surface area (Å²) in [6.45, 7) is 0.231. The van der Waals surface area contributed by atoms with Gasteiger partial charge in [0.15, 0.2) is 0 Å². The molecule has 0 aliphatic rings. The zero-order chi connectivity index (χ0) is 11.6. The van der Waals surface area contributed by atoms with E-state index >= 15 is 0 Å². The molecule has 0 saturated heterocycles. The monoisotopic (exact) mass is 321 g/mol. The van der Waals surface area contributed by atoms with Crippen LogP contribution in [0.15, 0.2) is 43.1 Å². The average Bonchev–Trinajstić information content (AvgIpc) is 2.85. The second-order valence-corrected chi connectivity index (χ2v) is 7.47. The van der Waals surface area contributed by atoms with Gasteiger partial charge in [0, 0.05) is 12.1 Å². The molecule has 0 radical (unpaired) electrons. The lowest BCUT2D eigenvalue weighted by Crippen LogP contribution is -2.22. The first-order valence-electron chi connectivity index (χ1n) is 4.34. The molecule has 0 aliphatic carbocycles. The molecular formula is C9H8BrNO3S2. The SMILES string of the molecule is O=S(=O)(NCc1ccoc1)c1ccc(Br)s1. The summed E-state index contributed by atoms with van der Waals surface area (Å²) in [4.78, 5) is 0. The van der Waals surface area contributed by atoms with E-state index in [0.717, 1.165) is 9.35 Å². The number of rotatable bonds is 4. The number of furan rings is 1. The van der Waals surface area contributed by atoms with Gasteiger partial charge < -0.3 is 4.42 Å². The molecule has 2 rings (SSSR count). The van der Waals surface area contributed by atoms with Gasteiger partial charge in [0.25, 0.3) is 0 Å². The average molecular weight is 322 g/mol. The van der Waals surface area contributed by atoms with Crippen molar-refractivity contribution in [1.82, 2.24) is 4.72 Å². The van der Waals surface area contributed by atoms with Crippen LogP contribution in [-0.4, -0.2) is 8.42 Å². The first-order chi connectivity index (χ1) is 7.58. The van der Waals surface area contributed by atoms with Gasteiger partial charge in [-0.25, -0.2) is 13.1 Å². The molecular weight excluding hydrogens is 314 g/mol. The van der Waals surface area contributed by atoms with Gasteiger partial charge in [-0.2, -0.15) is 0 Å². The van der Waals surface area contributed by atoms with Gasteiger partial charge in [-0.15, -0.1) is 11.3 Å². The fraction of sp³-hybridized carbons (Fsp3) is 0.111. The molecule has 4 nitrogen and oxygen atoms in total. The van der Waals surface area contributed by atoms with Crippen LogP contribution in [0.25, 0.3) is 0 Å². The molecule has 2 heterocycles. The van der Waals surface area contributed by atoms with Gasteiger partial charge in [0.2, 0.25) is 10.0 Å². The standard InChI is InChI=1S/C9H8BrNO3S2/c10-8-1-2-9(15-8)16(12,13)11-5-7-3-4-14-6-7/h1-4,6,11H,5H2. The summed E-state index contributed by atoms with van der Waals surface area (Å²) in [7, 11) is -3.42. The first kappa shape index (κ1) is 11.8. The van der Waals surface area contributed by atoms with Crippen LogP contribution in [0, 0.1) is 0 Å². The van der Waals surface area contributed by atoms with Crippen molar-refractivity contribution in [3.05, 3.63) is 40.1 Å². The highest BCUT2D eigenvalue weighted by Crippen LogP contribution is 2.25. The Morgan fingerprint density at radius 2 is 2.19 bits per heavy atom. The number of hydrogen-bond donors (Lipinski definition) is 1. The maximum atomic E-state index is 11.8. The fourth-order valence-electron chi connectivity index (χ4n) is 1.08. The third kappa shape index (κ3) is 2.73. The number of nitrogens with one attached hydrogen (secondary N) is 1. The molecule has 86 valence electrons. The Hall–Kier alpha value is -0.630. The Bertz CT molecular complexity index is 559. The molecule has 0 aromatic carbocycles. The maximum absolute atomic E-state index is 11.8. The Kier molecular flexibility index (Phi) is 3.48. The van der Waals surface area contributed by atoms with Gasteiger partial charge in [0.05, 0.1) is 16.3 Å². The van der Waals surface area contributed by atoms with Crippen LogP contribution in [0.1, 0.15) is 5.56 Å². The van der Waals surface area contributed by atoms with Crippen LogP contribution in [-0.2, 0) is 16.6 Å². The number of hydrogen-bond acceptors (Lipinski definition) is 4. The zero-order valence-electron chi connectivity index (χ0n) is 8.01. The van der Waals surface area contributed by atoms with Crippen LogP contribution >= 0.6 is 27.3 Å². The molecule has 0 spiro atoms. The molecule has 2 aromatic heterocycles. The van der Waals surface area contributed by atoms with E-state index in [4.69, 9.17) is 4.42 Å². The largest absolute Gasteiger partial charge is 0.472 e. The smallest absolute Gasteiger partial charge is 0.250 e. The highest BCUT2D eigenvalue weighted by molar-refractivity contribution is 9.11. The van der Waals surface area contributed by atoms with E-state index in [1.165, 1.54) is 23.9 Å². The third-order valence-corrected chi connectivity index (χ3v) is 5.38. The van der Waals surface area contributed by atoms with Gasteiger partial charge in [0.1, 0.15) is 4.21 Å². The lowest BCUT2D eigenvalue weighted by atomic mass is 10.4. The quantitative estimate of drug-likeness (QED) is 0.941. The van der Waals surface area contributed by atoms with Crippen molar-refractivity contribution in [1.29, 1.82) is 0 Å². The minimum absolute atomic E-state index is 0.231. The minimum atomic E-state index is -3.42. The highest BCUT2D eigenvalue weighted by atomic mass is 79.9. The molecule has 0 unspecified atom stereocenters. The lowest BCUT2D eigenvalue weighted by molar-refractivity contribution is 0.561. The van der Waals surface area contributed by atoms with Gasteiger partial charge in [-0.05, 0) is 34.1 Å². The Balaban J connectivity index is 2.09. The molecule has 1 N–H and O–H groups in total. The maximum Gasteiger partial charge on any atom is 0.250 e. The van der Waals surface area contributed by atoms with E-state index in [2.05, 4.69) is 20.7 Å². The van der Waals surface area contributed by atoms with E-state index < -0.39 is 10.0 Å². The molecule has 2 aromatic rings. The van der Waals surface area contributed by atoms with Crippen LogP contribution in [0.4, 0.5) is 0 Å². The molecule has 7 heteroatoms. The molecule has 16 heavy (non-hydrogen) atoms. The molecule has 0 aliphatic heterocycles. The van der Waals surface area contributed by atoms with E-state index in [-0.39, 0.29) is 6.54 Å². The third-order valence-electron chi connectivity index (χ3n) is 1.86. The lowest BCUT2D eigenvalue weighted by Gasteiger charge is -2.01. The molecule has 0 atom stereocenters. The van der Waals surface area contributed by atoms with Crippen molar-refractivity contribution in [3.63, 3.8) is 0 Å². The zero-order valence-corrected chi connectivity index (χ0v) is 11.2. The fourth-order valence-corrected chi connectivity index (χ4v) is 4.16. The van der Waals surface area contributed by atoms with E-state index in [1.54, 1.807) is 18.2 Å². The van der Waals surface area contributed by atoms with E-state index in [0.29, 0.717) is 4.21 Å². The van der Waals surface area contributed by atoms with Crippen LogP contribution in [0.5, 0.6) is 0 Å². The highest BCUT2D eigenvalue weighted by Gasteiger charge is 2.15. The summed E-state index contributed by atoms with van der Waals surface area (Å²) in [5.74, 6) is 0. The number of halogens is 1. The van der Waals surface area contributed by atoms with Gasteiger partial charge in [-0.1, -0.05) is 0 Å². The first-order valence-corrected chi connectivity index (χ1v) is 7.43. The molecule has 0 amide bonds. The van der Waals surface area contributed by atoms with Crippen molar-refractivity contribution in [2.45, 2.75) is 10.8 Å². The summed E-state index contributed by atoms with van der Waals surface area (Å²) in [6.07, 6.45) is 3.01. The summed E-state index contributed by atoms with van der Waals surface area (Å²) in [5, 5.41) is 0. The number of sulfonamides is 1. The Morgan fingerprint density at radius 3 is 2.75 bits per heavy atom. The second-order valence-electron chi connectivity index (χ2n) is 3.01. The predicted octanol–water partition coefficient (Wildman–Crippen LogP) is 2.58. The summed E-state index contributed by atoms with van der Waals surface area (Å²) < 4.78 is 32.0. The van der Waals surface area contributed by atoms with E-state index in [1.807, 2.05) is 0 Å². The summed E-state index contributed by atoms with van der Waals surface area (Å²) in [6, 6.07) is 4.98. The van der Waals surface area contributed by atoms with Crippen LogP contribution in [0.2, 0.25) is 0 Å².